The predicted octanol–water partition coefficient (Wildman–Crippen LogP) is 16.8. The van der Waals surface area contributed by atoms with Crippen LogP contribution in [0.1, 0.15) is 153 Å². The molecule has 4 atom stereocenters. The highest BCUT2D eigenvalue weighted by Gasteiger charge is 2.64. The van der Waals surface area contributed by atoms with E-state index in [1.807, 2.05) is 0 Å². The van der Waals surface area contributed by atoms with Crippen molar-refractivity contribution in [3.63, 3.8) is 0 Å². The first-order chi connectivity index (χ1) is 35.9. The largest absolute Gasteiger partial charge is 0.335 e. The molecule has 4 unspecified atom stereocenters. The standard InChI is InChI=1S/C71H74BN3/c1-45-39-46(2)63-65-62(45)68(9)35-19-20-36-69(68,10)75(65)61-44-53(74-58-28-18-17-27-55(58)71(50-25-13-12-14-26-50)38-22-21-37-70(71,74)11)43-60-64(61)72(63)56-42-52(67(6,7)8)32-34-59(56)73(60)57-33-31-51(66(3,4)5)41-54(57)49-30-29-47-23-15-16-24-48(47)40-49/h12-18,23-34,39-44H,19-22,35-38H2,1-11H3. The van der Waals surface area contributed by atoms with Crippen LogP contribution in [0, 0.1) is 13.8 Å². The van der Waals surface area contributed by atoms with E-state index in [1.165, 1.54) is 144 Å². The minimum atomic E-state index is -0.223. The lowest BCUT2D eigenvalue weighted by Gasteiger charge is -2.54. The van der Waals surface area contributed by atoms with Crippen molar-refractivity contribution in [2.45, 2.75) is 160 Å². The Balaban J connectivity index is 1.14. The summed E-state index contributed by atoms with van der Waals surface area (Å²) in [5, 5.41) is 2.53. The molecule has 75 heavy (non-hydrogen) atoms. The molecular formula is C71H74BN3. The van der Waals surface area contributed by atoms with Crippen molar-refractivity contribution in [1.82, 2.24) is 0 Å². The Hall–Kier alpha value is -6.52. The van der Waals surface area contributed by atoms with Gasteiger partial charge >= 0.3 is 0 Å². The summed E-state index contributed by atoms with van der Waals surface area (Å²) in [4.78, 5) is 8.61. The molecule has 0 bridgehead atoms. The first kappa shape index (κ1) is 47.0. The molecule has 0 N–H and O–H groups in total. The van der Waals surface area contributed by atoms with E-state index in [0.717, 1.165) is 19.3 Å². The number of hydrogen-bond acceptors (Lipinski definition) is 3. The molecule has 376 valence electrons. The van der Waals surface area contributed by atoms with Crippen molar-refractivity contribution in [3.8, 4) is 11.1 Å². The van der Waals surface area contributed by atoms with Gasteiger partial charge in [-0.15, -0.1) is 0 Å². The summed E-state index contributed by atoms with van der Waals surface area (Å²) < 4.78 is 0. The zero-order valence-electron chi connectivity index (χ0n) is 46.5. The van der Waals surface area contributed by atoms with E-state index in [2.05, 4.69) is 243 Å². The monoisotopic (exact) mass is 980 g/mol. The molecule has 8 aromatic carbocycles. The van der Waals surface area contributed by atoms with Crippen molar-refractivity contribution in [2.24, 2.45) is 0 Å². The van der Waals surface area contributed by atoms with Gasteiger partial charge in [0.15, 0.2) is 0 Å². The fraction of sp³-hybridized carbons (Fsp3) is 0.352. The first-order valence-corrected chi connectivity index (χ1v) is 28.6. The maximum Gasteiger partial charge on any atom is 0.252 e. The molecule has 0 amide bonds. The minimum Gasteiger partial charge on any atom is -0.335 e. The van der Waals surface area contributed by atoms with Crippen LogP contribution in [0.2, 0.25) is 0 Å². The molecule has 0 radical (unpaired) electrons. The second kappa shape index (κ2) is 15.8. The Kier molecular flexibility index (Phi) is 9.88. The van der Waals surface area contributed by atoms with E-state index in [0.29, 0.717) is 0 Å². The van der Waals surface area contributed by atoms with Gasteiger partial charge in [0.25, 0.3) is 6.71 Å². The van der Waals surface area contributed by atoms with Crippen LogP contribution in [-0.4, -0.2) is 17.8 Å². The number of aryl methyl sites for hydroxylation is 2. The lowest BCUT2D eigenvalue weighted by atomic mass is 9.32. The number of hydrogen-bond donors (Lipinski definition) is 0. The van der Waals surface area contributed by atoms with Crippen molar-refractivity contribution < 1.29 is 0 Å². The van der Waals surface area contributed by atoms with E-state index >= 15 is 0 Å². The third-order valence-electron chi connectivity index (χ3n) is 20.6. The molecule has 0 aromatic heterocycles. The highest BCUT2D eigenvalue weighted by atomic mass is 15.3. The van der Waals surface area contributed by atoms with E-state index in [4.69, 9.17) is 0 Å². The van der Waals surface area contributed by atoms with Gasteiger partial charge < -0.3 is 14.7 Å². The molecule has 4 aliphatic heterocycles. The smallest absolute Gasteiger partial charge is 0.252 e. The van der Waals surface area contributed by atoms with Crippen molar-refractivity contribution >= 4 is 73.7 Å². The van der Waals surface area contributed by atoms with E-state index in [1.54, 1.807) is 5.56 Å². The highest BCUT2D eigenvalue weighted by molar-refractivity contribution is 7.00. The van der Waals surface area contributed by atoms with Gasteiger partial charge in [-0.2, -0.15) is 0 Å². The Morgan fingerprint density at radius 3 is 1.88 bits per heavy atom. The molecule has 8 aromatic rings. The normalized spacial score (nSPS) is 24.1. The molecule has 0 spiro atoms. The molecule has 4 heterocycles. The molecule has 0 saturated heterocycles. The van der Waals surface area contributed by atoms with Crippen LogP contribution in [0.25, 0.3) is 21.9 Å². The Bertz CT molecular complexity index is 3710. The van der Waals surface area contributed by atoms with Gasteiger partial charge in [-0.25, -0.2) is 0 Å². The lowest BCUT2D eigenvalue weighted by Crippen LogP contribution is -2.65. The molecule has 3 nitrogen and oxygen atoms in total. The van der Waals surface area contributed by atoms with Gasteiger partial charge in [0.2, 0.25) is 0 Å². The van der Waals surface area contributed by atoms with Crippen LogP contribution in [-0.2, 0) is 21.7 Å². The van der Waals surface area contributed by atoms with Crippen LogP contribution in [0.5, 0.6) is 0 Å². The van der Waals surface area contributed by atoms with Crippen molar-refractivity contribution in [3.05, 3.63) is 191 Å². The Labute approximate surface area is 448 Å². The minimum absolute atomic E-state index is 0.0105. The SMILES string of the molecule is Cc1cc(C)c2c3c1B1c4cc(C(C)(C)C)ccc4N(c4ccc(C(C)(C)C)cc4-c4ccc5ccccc5c4)c4cc(N5c6ccccc6C6(c7ccccc7)CCCCC56C)cc(c41)N3C1(C)CCCCC21C. The average Bonchev–Trinajstić information content (AvgIpc) is 3.92. The maximum atomic E-state index is 2.98. The number of anilines is 7. The van der Waals surface area contributed by atoms with Crippen LogP contribution in [0.15, 0.2) is 152 Å². The number of rotatable bonds is 4. The Morgan fingerprint density at radius 1 is 0.480 bits per heavy atom. The summed E-state index contributed by atoms with van der Waals surface area (Å²) in [6.45, 7) is 27.1. The number of para-hydroxylation sites is 1. The second-order valence-corrected chi connectivity index (χ2v) is 26.6. The van der Waals surface area contributed by atoms with Gasteiger partial charge in [0, 0.05) is 50.5 Å². The van der Waals surface area contributed by atoms with Crippen LogP contribution < -0.4 is 31.1 Å². The van der Waals surface area contributed by atoms with Gasteiger partial charge in [0.1, 0.15) is 0 Å². The Morgan fingerprint density at radius 2 is 1.12 bits per heavy atom. The van der Waals surface area contributed by atoms with Crippen molar-refractivity contribution in [2.75, 3.05) is 14.7 Å². The van der Waals surface area contributed by atoms with Gasteiger partial charge in [-0.05, 0) is 173 Å². The van der Waals surface area contributed by atoms with Crippen LogP contribution in [0.4, 0.5) is 39.8 Å². The van der Waals surface area contributed by atoms with Crippen LogP contribution in [0.3, 0.4) is 0 Å². The number of benzene rings is 8. The molecule has 4 heteroatoms. The summed E-state index contributed by atoms with van der Waals surface area (Å²) in [6.07, 6.45) is 9.53. The third-order valence-corrected chi connectivity index (χ3v) is 20.6. The quantitative estimate of drug-likeness (QED) is 0.163. The van der Waals surface area contributed by atoms with Gasteiger partial charge in [0.05, 0.1) is 16.8 Å². The summed E-state index contributed by atoms with van der Waals surface area (Å²) in [5.41, 5.74) is 25.8. The molecule has 6 aliphatic rings. The van der Waals surface area contributed by atoms with E-state index in [9.17, 15) is 0 Å². The highest BCUT2D eigenvalue weighted by Crippen LogP contribution is 2.66. The van der Waals surface area contributed by atoms with E-state index < -0.39 is 0 Å². The summed E-state index contributed by atoms with van der Waals surface area (Å²) in [5.74, 6) is 0. The summed E-state index contributed by atoms with van der Waals surface area (Å²) in [6, 6.07) is 60.2. The van der Waals surface area contributed by atoms with Gasteiger partial charge in [-0.3, -0.25) is 0 Å². The zero-order chi connectivity index (χ0) is 51.8. The second-order valence-electron chi connectivity index (χ2n) is 26.6. The molecule has 2 aliphatic carbocycles. The zero-order valence-corrected chi connectivity index (χ0v) is 46.5. The number of nitrogens with zero attached hydrogens (tertiary/aromatic N) is 3. The first-order valence-electron chi connectivity index (χ1n) is 28.6. The number of fused-ring (bicyclic) bond motifs is 11. The fourth-order valence-electron chi connectivity index (χ4n) is 16.8. The van der Waals surface area contributed by atoms with E-state index in [-0.39, 0.29) is 39.5 Å². The predicted molar refractivity (Wildman–Crippen MR) is 321 cm³/mol. The molecule has 2 saturated carbocycles. The third kappa shape index (κ3) is 6.17. The average molecular weight is 980 g/mol. The summed E-state index contributed by atoms with van der Waals surface area (Å²) in [7, 11) is 0. The molecule has 2 fully saturated rings. The van der Waals surface area contributed by atoms with Crippen molar-refractivity contribution in [1.29, 1.82) is 0 Å². The fourth-order valence-corrected chi connectivity index (χ4v) is 16.8. The molecule has 14 rings (SSSR count). The topological polar surface area (TPSA) is 9.72 Å². The summed E-state index contributed by atoms with van der Waals surface area (Å²) >= 11 is 0. The van der Waals surface area contributed by atoms with Gasteiger partial charge in [-0.1, -0.05) is 189 Å². The maximum absolute atomic E-state index is 2.98. The lowest BCUT2D eigenvalue weighted by molar-refractivity contribution is 0.194. The molecular weight excluding hydrogens is 906 g/mol. The van der Waals surface area contributed by atoms with Crippen LogP contribution >= 0.6 is 0 Å².